The van der Waals surface area contributed by atoms with E-state index in [1.807, 2.05) is 18.2 Å². The highest BCUT2D eigenvalue weighted by Crippen LogP contribution is 2.32. The minimum atomic E-state index is 0.146. The van der Waals surface area contributed by atoms with E-state index in [0.29, 0.717) is 32.3 Å². The van der Waals surface area contributed by atoms with Crippen LogP contribution in [0.3, 0.4) is 0 Å². The van der Waals surface area contributed by atoms with Crippen molar-refractivity contribution < 1.29 is 14.3 Å². The molecule has 0 radical (unpaired) electrons. The Balaban J connectivity index is 1.85. The highest BCUT2D eigenvalue weighted by molar-refractivity contribution is 5.88. The molecular weight excluding hydrogens is 340 g/mol. The molecule has 2 aromatic rings. The van der Waals surface area contributed by atoms with Crippen molar-refractivity contribution in [1.29, 1.82) is 0 Å². The first-order valence-corrected chi connectivity index (χ1v) is 9.78. The highest BCUT2D eigenvalue weighted by Gasteiger charge is 2.27. The fraction of sp³-hybridized carbons (Fsp3) is 0.500. The average Bonchev–Trinajstić information content (AvgIpc) is 3.23. The number of hydrogen-bond acceptors (Lipinski definition) is 4. The Morgan fingerprint density at radius 3 is 2.67 bits per heavy atom. The van der Waals surface area contributed by atoms with Gasteiger partial charge in [-0.25, -0.2) is 0 Å². The standard InChI is InChI=1S/C22H30N2O3/c1-26-14-13-23-15-22(25)24(18-8-4-5-9-18)16-20-19-10-6-3-7-17(19)11-12-21(20)27-2/h3,6-7,10-12,18,23H,4-5,8-9,13-16H2,1-2H3. The summed E-state index contributed by atoms with van der Waals surface area (Å²) in [5, 5.41) is 5.52. The third kappa shape index (κ3) is 4.79. The van der Waals surface area contributed by atoms with Gasteiger partial charge >= 0.3 is 0 Å². The van der Waals surface area contributed by atoms with E-state index in [1.54, 1.807) is 14.2 Å². The number of carbonyl (C=O) groups is 1. The van der Waals surface area contributed by atoms with E-state index in [2.05, 4.69) is 28.4 Å². The largest absolute Gasteiger partial charge is 0.496 e. The molecule has 0 bridgehead atoms. The Hall–Kier alpha value is -2.11. The minimum absolute atomic E-state index is 0.146. The lowest BCUT2D eigenvalue weighted by Gasteiger charge is -2.30. The number of hydrogen-bond donors (Lipinski definition) is 1. The van der Waals surface area contributed by atoms with Gasteiger partial charge in [0.25, 0.3) is 0 Å². The lowest BCUT2D eigenvalue weighted by molar-refractivity contribution is -0.133. The zero-order valence-electron chi connectivity index (χ0n) is 16.4. The normalized spacial score (nSPS) is 14.6. The van der Waals surface area contributed by atoms with Crippen LogP contribution in [-0.2, 0) is 16.1 Å². The SMILES string of the molecule is COCCNCC(=O)N(Cc1c(OC)ccc2ccccc12)C1CCCC1. The molecule has 146 valence electrons. The summed E-state index contributed by atoms with van der Waals surface area (Å²) in [5.41, 5.74) is 1.09. The second-order valence-electron chi connectivity index (χ2n) is 7.10. The van der Waals surface area contributed by atoms with Crippen molar-refractivity contribution in [3.05, 3.63) is 42.0 Å². The first-order valence-electron chi connectivity index (χ1n) is 9.78. The molecule has 0 aromatic heterocycles. The predicted molar refractivity (Wildman–Crippen MR) is 108 cm³/mol. The quantitative estimate of drug-likeness (QED) is 0.688. The molecule has 1 aliphatic carbocycles. The van der Waals surface area contributed by atoms with Crippen LogP contribution in [0.4, 0.5) is 0 Å². The van der Waals surface area contributed by atoms with E-state index in [1.165, 1.54) is 18.2 Å². The highest BCUT2D eigenvalue weighted by atomic mass is 16.5. The Kier molecular flexibility index (Phi) is 7.07. The fourth-order valence-electron chi connectivity index (χ4n) is 3.95. The number of nitrogens with zero attached hydrogens (tertiary/aromatic N) is 1. The first kappa shape index (κ1) is 19.6. The summed E-state index contributed by atoms with van der Waals surface area (Å²) in [6.07, 6.45) is 4.55. The van der Waals surface area contributed by atoms with Crippen LogP contribution in [0.5, 0.6) is 5.75 Å². The Morgan fingerprint density at radius 2 is 1.93 bits per heavy atom. The summed E-state index contributed by atoms with van der Waals surface area (Å²) >= 11 is 0. The Labute approximate surface area is 161 Å². The van der Waals surface area contributed by atoms with Crippen LogP contribution in [0.2, 0.25) is 0 Å². The molecule has 1 aliphatic rings. The van der Waals surface area contributed by atoms with Crippen LogP contribution in [-0.4, -0.2) is 50.8 Å². The van der Waals surface area contributed by atoms with Gasteiger partial charge in [0.2, 0.25) is 5.91 Å². The van der Waals surface area contributed by atoms with Crippen LogP contribution >= 0.6 is 0 Å². The van der Waals surface area contributed by atoms with Crippen molar-refractivity contribution in [2.45, 2.75) is 38.3 Å². The van der Waals surface area contributed by atoms with Crippen molar-refractivity contribution in [2.75, 3.05) is 33.9 Å². The van der Waals surface area contributed by atoms with E-state index in [0.717, 1.165) is 29.5 Å². The number of methoxy groups -OCH3 is 2. The number of nitrogens with one attached hydrogen (secondary N) is 1. The van der Waals surface area contributed by atoms with Crippen LogP contribution in [0, 0.1) is 0 Å². The molecule has 0 saturated heterocycles. The van der Waals surface area contributed by atoms with Crippen LogP contribution in [0.15, 0.2) is 36.4 Å². The number of fused-ring (bicyclic) bond motifs is 1. The van der Waals surface area contributed by atoms with Crippen molar-refractivity contribution in [1.82, 2.24) is 10.2 Å². The molecular formula is C22H30N2O3. The van der Waals surface area contributed by atoms with Crippen molar-refractivity contribution >= 4 is 16.7 Å². The van der Waals surface area contributed by atoms with Gasteiger partial charge in [-0.1, -0.05) is 43.2 Å². The molecule has 1 saturated carbocycles. The number of rotatable bonds is 9. The van der Waals surface area contributed by atoms with Gasteiger partial charge < -0.3 is 19.7 Å². The van der Waals surface area contributed by atoms with E-state index in [-0.39, 0.29) is 5.91 Å². The molecule has 3 rings (SSSR count). The van der Waals surface area contributed by atoms with E-state index < -0.39 is 0 Å². The first-order chi connectivity index (χ1) is 13.2. The third-order valence-electron chi connectivity index (χ3n) is 5.39. The van der Waals surface area contributed by atoms with Crippen molar-refractivity contribution in [3.8, 4) is 5.75 Å². The zero-order valence-corrected chi connectivity index (χ0v) is 16.4. The lowest BCUT2D eigenvalue weighted by atomic mass is 10.0. The number of benzene rings is 2. The average molecular weight is 370 g/mol. The van der Waals surface area contributed by atoms with Gasteiger partial charge in [0, 0.05) is 25.3 Å². The smallest absolute Gasteiger partial charge is 0.237 e. The number of amides is 1. The molecule has 5 nitrogen and oxygen atoms in total. The summed E-state index contributed by atoms with van der Waals surface area (Å²) in [6.45, 7) is 2.21. The second kappa shape index (κ2) is 9.72. The molecule has 1 fully saturated rings. The third-order valence-corrected chi connectivity index (χ3v) is 5.39. The molecule has 0 spiro atoms. The summed E-state index contributed by atoms with van der Waals surface area (Å²) in [4.78, 5) is 15.1. The maximum absolute atomic E-state index is 13.0. The lowest BCUT2D eigenvalue weighted by Crippen LogP contribution is -2.43. The molecule has 0 atom stereocenters. The summed E-state index contributed by atoms with van der Waals surface area (Å²) in [6, 6.07) is 12.7. The van der Waals surface area contributed by atoms with Crippen LogP contribution < -0.4 is 10.1 Å². The maximum atomic E-state index is 13.0. The fourth-order valence-corrected chi connectivity index (χ4v) is 3.95. The molecule has 27 heavy (non-hydrogen) atoms. The Morgan fingerprint density at radius 1 is 1.15 bits per heavy atom. The van der Waals surface area contributed by atoms with Gasteiger partial charge in [-0.05, 0) is 29.7 Å². The molecule has 1 N–H and O–H groups in total. The van der Waals surface area contributed by atoms with E-state index in [9.17, 15) is 4.79 Å². The molecule has 1 amide bonds. The summed E-state index contributed by atoms with van der Waals surface area (Å²) in [5.74, 6) is 0.991. The maximum Gasteiger partial charge on any atom is 0.237 e. The molecule has 0 unspecified atom stereocenters. The van der Waals surface area contributed by atoms with Gasteiger partial charge in [-0.2, -0.15) is 0 Å². The zero-order chi connectivity index (χ0) is 19.1. The van der Waals surface area contributed by atoms with E-state index in [4.69, 9.17) is 9.47 Å². The second-order valence-corrected chi connectivity index (χ2v) is 7.10. The molecule has 0 heterocycles. The van der Waals surface area contributed by atoms with Gasteiger partial charge in [0.1, 0.15) is 5.75 Å². The summed E-state index contributed by atoms with van der Waals surface area (Å²) < 4.78 is 10.7. The van der Waals surface area contributed by atoms with Crippen molar-refractivity contribution in [3.63, 3.8) is 0 Å². The monoisotopic (exact) mass is 370 g/mol. The predicted octanol–water partition coefficient (Wildman–Crippen LogP) is 3.36. The van der Waals surface area contributed by atoms with Gasteiger partial charge in [-0.15, -0.1) is 0 Å². The van der Waals surface area contributed by atoms with Crippen LogP contribution in [0.25, 0.3) is 10.8 Å². The minimum Gasteiger partial charge on any atom is -0.496 e. The molecule has 5 heteroatoms. The topological polar surface area (TPSA) is 50.8 Å². The summed E-state index contributed by atoms with van der Waals surface area (Å²) in [7, 11) is 3.36. The molecule has 0 aliphatic heterocycles. The number of ether oxygens (including phenoxy) is 2. The van der Waals surface area contributed by atoms with Gasteiger partial charge in [0.15, 0.2) is 0 Å². The van der Waals surface area contributed by atoms with Crippen LogP contribution in [0.1, 0.15) is 31.2 Å². The van der Waals surface area contributed by atoms with Gasteiger partial charge in [-0.3, -0.25) is 4.79 Å². The van der Waals surface area contributed by atoms with Gasteiger partial charge in [0.05, 0.1) is 26.8 Å². The Bertz CT molecular complexity index is 756. The van der Waals surface area contributed by atoms with E-state index >= 15 is 0 Å². The number of carbonyl (C=O) groups excluding carboxylic acids is 1. The molecule has 2 aromatic carbocycles. The van der Waals surface area contributed by atoms with Crippen molar-refractivity contribution in [2.24, 2.45) is 0 Å².